The summed E-state index contributed by atoms with van der Waals surface area (Å²) in [4.78, 5) is 32.6. The quantitative estimate of drug-likeness (QED) is 0.318. The molecule has 0 bridgehead atoms. The number of hydrogen-bond donors (Lipinski definition) is 0. The number of carbonyl (C=O) groups excluding carboxylic acids is 2. The van der Waals surface area contributed by atoms with Crippen molar-refractivity contribution in [2.24, 2.45) is 20.5 Å². The first-order valence-electron chi connectivity index (χ1n) is 9.64. The van der Waals surface area contributed by atoms with Crippen molar-refractivity contribution < 1.29 is 19.4 Å². The fourth-order valence-electron chi connectivity index (χ4n) is 1.64. The monoisotopic (exact) mass is 420 g/mol. The summed E-state index contributed by atoms with van der Waals surface area (Å²) in [6.07, 6.45) is -0.259. The van der Waals surface area contributed by atoms with Crippen molar-refractivity contribution >= 4 is 11.9 Å². The van der Waals surface area contributed by atoms with Crippen LogP contribution < -0.4 is 0 Å². The molecule has 0 aliphatic rings. The Labute approximate surface area is 178 Å². The molecule has 2 atom stereocenters. The van der Waals surface area contributed by atoms with Crippen LogP contribution in [-0.2, 0) is 19.4 Å². The maximum Gasteiger partial charge on any atom is 0.355 e. The zero-order valence-corrected chi connectivity index (χ0v) is 19.1. The van der Waals surface area contributed by atoms with Gasteiger partial charge in [0, 0.05) is 0 Å². The molecule has 166 valence electrons. The summed E-state index contributed by atoms with van der Waals surface area (Å²) in [5, 5.41) is 34.7. The van der Waals surface area contributed by atoms with Crippen molar-refractivity contribution in [3.63, 3.8) is 0 Å². The van der Waals surface area contributed by atoms with E-state index in [-0.39, 0.29) is 25.7 Å². The second-order valence-electron chi connectivity index (χ2n) is 9.42. The molecule has 2 unspecified atom stereocenters. The van der Waals surface area contributed by atoms with Crippen LogP contribution in [0.3, 0.4) is 0 Å². The Kier molecular flexibility index (Phi) is 9.74. The topological polar surface area (TPSA) is 150 Å². The maximum absolute atomic E-state index is 11.8. The van der Waals surface area contributed by atoms with E-state index in [1.807, 2.05) is 53.7 Å². The summed E-state index contributed by atoms with van der Waals surface area (Å²) < 4.78 is 0. The number of nitrogens with zero attached hydrogens (tertiary/aromatic N) is 6. The van der Waals surface area contributed by atoms with E-state index in [0.29, 0.717) is 0 Å². The highest BCUT2D eigenvalue weighted by atomic mass is 17.2. The first kappa shape index (κ1) is 27.1. The Hall–Kier alpha value is -2.88. The predicted molar refractivity (Wildman–Crippen MR) is 108 cm³/mol. The van der Waals surface area contributed by atoms with Gasteiger partial charge in [-0.05, 0) is 68.2 Å². The van der Waals surface area contributed by atoms with Gasteiger partial charge in [0.2, 0.25) is 0 Å². The minimum atomic E-state index is -1.19. The van der Waals surface area contributed by atoms with Gasteiger partial charge in [-0.2, -0.15) is 31.0 Å². The van der Waals surface area contributed by atoms with E-state index in [0.717, 1.165) is 0 Å². The first-order valence-corrected chi connectivity index (χ1v) is 9.64. The molecule has 10 nitrogen and oxygen atoms in total. The fourth-order valence-corrected chi connectivity index (χ4v) is 1.64. The normalized spacial score (nSPS) is 16.3. The molecule has 0 aliphatic heterocycles. The third-order valence-corrected chi connectivity index (χ3v) is 3.48. The average Bonchev–Trinajstić information content (AvgIpc) is 2.65. The van der Waals surface area contributed by atoms with E-state index in [9.17, 15) is 20.1 Å². The van der Waals surface area contributed by atoms with Crippen molar-refractivity contribution in [1.82, 2.24) is 0 Å². The molecular formula is C20H32N6O4. The summed E-state index contributed by atoms with van der Waals surface area (Å²) >= 11 is 0. The number of carbonyl (C=O) groups is 2. The molecule has 0 amide bonds. The molecule has 0 aliphatic carbocycles. The van der Waals surface area contributed by atoms with Crippen LogP contribution in [0.4, 0.5) is 0 Å². The largest absolute Gasteiger partial charge is 0.355 e. The lowest BCUT2D eigenvalue weighted by Crippen LogP contribution is -2.24. The first-order chi connectivity index (χ1) is 13.5. The summed E-state index contributed by atoms with van der Waals surface area (Å²) in [6, 6.07) is 4.02. The van der Waals surface area contributed by atoms with E-state index in [2.05, 4.69) is 30.2 Å². The molecule has 0 heterocycles. The van der Waals surface area contributed by atoms with E-state index >= 15 is 0 Å². The van der Waals surface area contributed by atoms with Crippen molar-refractivity contribution in [2.75, 3.05) is 0 Å². The van der Waals surface area contributed by atoms with Crippen molar-refractivity contribution in [2.45, 2.75) is 103 Å². The van der Waals surface area contributed by atoms with Crippen LogP contribution in [0.2, 0.25) is 0 Å². The Morgan fingerprint density at radius 1 is 0.667 bits per heavy atom. The zero-order chi connectivity index (χ0) is 23.6. The van der Waals surface area contributed by atoms with Crippen molar-refractivity contribution in [3.8, 4) is 12.1 Å². The lowest BCUT2D eigenvalue weighted by atomic mass is 9.99. The van der Waals surface area contributed by atoms with E-state index < -0.39 is 34.1 Å². The lowest BCUT2D eigenvalue weighted by molar-refractivity contribution is -0.259. The highest BCUT2D eigenvalue weighted by Gasteiger charge is 2.28. The van der Waals surface area contributed by atoms with Crippen LogP contribution in [0.25, 0.3) is 0 Å². The van der Waals surface area contributed by atoms with Gasteiger partial charge in [0.05, 0.1) is 36.1 Å². The summed E-state index contributed by atoms with van der Waals surface area (Å²) in [5.74, 6) is -1.63. The van der Waals surface area contributed by atoms with Crippen LogP contribution in [0.5, 0.6) is 0 Å². The third kappa shape index (κ3) is 12.6. The lowest BCUT2D eigenvalue weighted by Gasteiger charge is -2.18. The second-order valence-corrected chi connectivity index (χ2v) is 9.42. The molecule has 0 aromatic carbocycles. The molecule has 0 fully saturated rings. The number of hydrogen-bond acceptors (Lipinski definition) is 10. The zero-order valence-electron chi connectivity index (χ0n) is 19.1. The molecule has 0 saturated heterocycles. The Bertz CT molecular complexity index is 687. The van der Waals surface area contributed by atoms with Gasteiger partial charge in [-0.25, -0.2) is 19.4 Å². The highest BCUT2D eigenvalue weighted by molar-refractivity contribution is 5.73. The third-order valence-electron chi connectivity index (χ3n) is 3.48. The van der Waals surface area contributed by atoms with Gasteiger partial charge in [0.1, 0.15) is 0 Å². The Morgan fingerprint density at radius 2 is 0.967 bits per heavy atom. The molecule has 0 aromatic rings. The number of azo groups is 2. The summed E-state index contributed by atoms with van der Waals surface area (Å²) in [5.41, 5.74) is -3.27. The van der Waals surface area contributed by atoms with Crippen LogP contribution >= 0.6 is 0 Å². The predicted octanol–water partition coefficient (Wildman–Crippen LogP) is 4.61. The van der Waals surface area contributed by atoms with Gasteiger partial charge in [-0.1, -0.05) is 0 Å². The standard InChI is InChI=1S/C20H32N6O4/c1-17(2,3)23-25-19(7,13-21)11-9-15(27)29-30-16(28)10-12-20(8,14-22)26-24-18(4,5)6/h9-12H2,1-8H3. The van der Waals surface area contributed by atoms with Crippen LogP contribution in [0.15, 0.2) is 20.5 Å². The van der Waals surface area contributed by atoms with Crippen molar-refractivity contribution in [1.29, 1.82) is 10.5 Å². The minimum Gasteiger partial charge on any atom is -0.247 e. The summed E-state index contributed by atoms with van der Waals surface area (Å²) in [7, 11) is 0. The maximum atomic E-state index is 11.8. The smallest absolute Gasteiger partial charge is 0.247 e. The SMILES string of the molecule is CC(C)(C)N=NC(C)(C#N)CCC(=O)OOC(=O)CCC(C)(C#N)N=NC(C)(C)C. The van der Waals surface area contributed by atoms with Crippen LogP contribution in [0.1, 0.15) is 81.1 Å². The van der Waals surface area contributed by atoms with Crippen LogP contribution in [-0.4, -0.2) is 34.1 Å². The van der Waals surface area contributed by atoms with Gasteiger partial charge in [-0.15, -0.1) is 0 Å². The minimum absolute atomic E-state index is 0.0547. The average molecular weight is 421 g/mol. The highest BCUT2D eigenvalue weighted by Crippen LogP contribution is 2.22. The molecule has 0 radical (unpaired) electrons. The Morgan fingerprint density at radius 3 is 1.20 bits per heavy atom. The van der Waals surface area contributed by atoms with Gasteiger partial charge in [0.25, 0.3) is 0 Å². The van der Waals surface area contributed by atoms with Gasteiger partial charge >= 0.3 is 11.9 Å². The van der Waals surface area contributed by atoms with Crippen molar-refractivity contribution in [3.05, 3.63) is 0 Å². The fraction of sp³-hybridized carbons (Fsp3) is 0.800. The second kappa shape index (κ2) is 10.8. The molecule has 10 heteroatoms. The number of rotatable bonds is 8. The molecule has 30 heavy (non-hydrogen) atoms. The van der Waals surface area contributed by atoms with E-state index in [1.165, 1.54) is 0 Å². The number of nitriles is 2. The van der Waals surface area contributed by atoms with Gasteiger partial charge < -0.3 is 0 Å². The molecule has 0 aromatic heterocycles. The molecular weight excluding hydrogens is 388 g/mol. The Balaban J connectivity index is 4.57. The van der Waals surface area contributed by atoms with Gasteiger partial charge in [0.15, 0.2) is 11.1 Å². The van der Waals surface area contributed by atoms with E-state index in [4.69, 9.17) is 0 Å². The molecule has 0 saturated carbocycles. The molecule has 0 rings (SSSR count). The molecule has 0 spiro atoms. The van der Waals surface area contributed by atoms with E-state index in [1.54, 1.807) is 13.8 Å². The summed E-state index contributed by atoms with van der Waals surface area (Å²) in [6.45, 7) is 14.1. The molecule has 0 N–H and O–H groups in total. The van der Waals surface area contributed by atoms with Gasteiger partial charge in [-0.3, -0.25) is 0 Å². The van der Waals surface area contributed by atoms with Crippen LogP contribution in [0, 0.1) is 22.7 Å².